The average molecular weight is 318 g/mol. The van der Waals surface area contributed by atoms with Crippen molar-refractivity contribution in [2.24, 2.45) is 0 Å². The first-order chi connectivity index (χ1) is 11.3. The van der Waals surface area contributed by atoms with Crippen molar-refractivity contribution in [1.82, 2.24) is 10.2 Å². The second kappa shape index (κ2) is 7.79. The molecule has 1 aromatic carbocycles. The molecule has 3 rings (SSSR count). The molecule has 1 aliphatic carbocycles. The lowest BCUT2D eigenvalue weighted by molar-refractivity contribution is -0.140. The molecule has 1 saturated heterocycles. The van der Waals surface area contributed by atoms with Gasteiger partial charge in [0.25, 0.3) is 0 Å². The molecule has 5 nitrogen and oxygen atoms in total. The number of methoxy groups -OCH3 is 1. The molecule has 2 aliphatic rings. The summed E-state index contributed by atoms with van der Waals surface area (Å²) < 4.78 is 11.0. The zero-order chi connectivity index (χ0) is 16.1. The van der Waals surface area contributed by atoms with Crippen LogP contribution in [0, 0.1) is 0 Å². The van der Waals surface area contributed by atoms with Crippen LogP contribution in [-0.2, 0) is 16.1 Å². The maximum absolute atomic E-state index is 12.6. The molecular weight excluding hydrogens is 292 g/mol. The summed E-state index contributed by atoms with van der Waals surface area (Å²) in [4.78, 5) is 14.5. The van der Waals surface area contributed by atoms with Crippen LogP contribution in [0.1, 0.15) is 31.2 Å². The lowest BCUT2D eigenvalue weighted by atomic mass is 10.1. The van der Waals surface area contributed by atoms with Crippen LogP contribution in [0.4, 0.5) is 0 Å². The number of hydrogen-bond donors (Lipinski definition) is 1. The average Bonchev–Trinajstić information content (AvgIpc) is 3.44. The van der Waals surface area contributed by atoms with Gasteiger partial charge in [0.2, 0.25) is 5.91 Å². The van der Waals surface area contributed by atoms with Gasteiger partial charge in [0, 0.05) is 12.6 Å². The van der Waals surface area contributed by atoms with Gasteiger partial charge in [-0.1, -0.05) is 12.1 Å². The second-order valence-corrected chi connectivity index (χ2v) is 6.36. The molecule has 0 spiro atoms. The van der Waals surface area contributed by atoms with E-state index in [1.807, 2.05) is 29.2 Å². The molecule has 0 unspecified atom stereocenters. The van der Waals surface area contributed by atoms with E-state index in [2.05, 4.69) is 5.32 Å². The molecule has 2 fully saturated rings. The van der Waals surface area contributed by atoms with Crippen molar-refractivity contribution in [3.8, 4) is 5.75 Å². The van der Waals surface area contributed by atoms with Gasteiger partial charge in [0.05, 0.1) is 13.2 Å². The summed E-state index contributed by atoms with van der Waals surface area (Å²) in [5.74, 6) is 0.953. The first kappa shape index (κ1) is 16.3. The highest BCUT2D eigenvalue weighted by Gasteiger charge is 2.32. The van der Waals surface area contributed by atoms with Crippen LogP contribution < -0.4 is 10.1 Å². The minimum atomic E-state index is 0.113. The Morgan fingerprint density at radius 2 is 1.87 bits per heavy atom. The van der Waals surface area contributed by atoms with Crippen molar-refractivity contribution in [2.75, 3.05) is 26.8 Å². The van der Waals surface area contributed by atoms with Crippen LogP contribution >= 0.6 is 0 Å². The van der Waals surface area contributed by atoms with Gasteiger partial charge in [-0.05, 0) is 56.5 Å². The van der Waals surface area contributed by atoms with Crippen LogP contribution in [-0.4, -0.2) is 49.8 Å². The number of hydrogen-bond acceptors (Lipinski definition) is 4. The number of nitrogens with zero attached hydrogens (tertiary/aromatic N) is 1. The number of carbonyl (C=O) groups is 1. The second-order valence-electron chi connectivity index (χ2n) is 6.36. The summed E-state index contributed by atoms with van der Waals surface area (Å²) in [7, 11) is 1.66. The highest BCUT2D eigenvalue weighted by atomic mass is 16.5. The lowest BCUT2D eigenvalue weighted by Gasteiger charge is -2.26. The third-order valence-electron chi connectivity index (χ3n) is 4.55. The summed E-state index contributed by atoms with van der Waals surface area (Å²) in [6.45, 7) is 2.83. The minimum absolute atomic E-state index is 0.113. The Morgan fingerprint density at radius 3 is 2.48 bits per heavy atom. The largest absolute Gasteiger partial charge is 0.497 e. The van der Waals surface area contributed by atoms with Crippen molar-refractivity contribution < 1.29 is 14.3 Å². The third kappa shape index (κ3) is 4.69. The van der Waals surface area contributed by atoms with Gasteiger partial charge in [-0.2, -0.15) is 0 Å². The smallest absolute Gasteiger partial charge is 0.249 e. The van der Waals surface area contributed by atoms with Crippen LogP contribution in [0.5, 0.6) is 5.75 Å². The van der Waals surface area contributed by atoms with Crippen LogP contribution in [0.15, 0.2) is 24.3 Å². The highest BCUT2D eigenvalue weighted by molar-refractivity contribution is 5.78. The molecule has 1 aromatic rings. The fourth-order valence-corrected chi connectivity index (χ4v) is 2.97. The van der Waals surface area contributed by atoms with Crippen molar-refractivity contribution in [3.05, 3.63) is 29.8 Å². The molecule has 1 saturated carbocycles. The fraction of sp³-hybridized carbons (Fsp3) is 0.611. The van der Waals surface area contributed by atoms with Gasteiger partial charge in [-0.25, -0.2) is 0 Å². The van der Waals surface area contributed by atoms with Crippen molar-refractivity contribution in [2.45, 2.75) is 44.4 Å². The minimum Gasteiger partial charge on any atom is -0.497 e. The third-order valence-corrected chi connectivity index (χ3v) is 4.55. The quantitative estimate of drug-likeness (QED) is 0.835. The van der Waals surface area contributed by atoms with Crippen molar-refractivity contribution in [3.63, 3.8) is 0 Å². The lowest BCUT2D eigenvalue weighted by Crippen LogP contribution is -2.38. The molecule has 23 heavy (non-hydrogen) atoms. The van der Waals surface area contributed by atoms with E-state index in [1.54, 1.807) is 7.11 Å². The van der Waals surface area contributed by atoms with E-state index >= 15 is 0 Å². The number of amides is 1. The Bertz CT molecular complexity index is 508. The number of carbonyl (C=O) groups excluding carboxylic acids is 1. The van der Waals surface area contributed by atoms with Gasteiger partial charge >= 0.3 is 0 Å². The van der Waals surface area contributed by atoms with Crippen LogP contribution in [0.25, 0.3) is 0 Å². The predicted octanol–water partition coefficient (Wildman–Crippen LogP) is 1.95. The molecular formula is C18H26N2O3. The van der Waals surface area contributed by atoms with Crippen molar-refractivity contribution >= 4 is 5.91 Å². The molecule has 0 atom stereocenters. The van der Waals surface area contributed by atoms with E-state index in [-0.39, 0.29) is 18.6 Å². The molecule has 0 radical (unpaired) electrons. The van der Waals surface area contributed by atoms with Gasteiger partial charge in [0.1, 0.15) is 12.4 Å². The van der Waals surface area contributed by atoms with Crippen molar-refractivity contribution in [1.29, 1.82) is 0 Å². The molecule has 0 aromatic heterocycles. The van der Waals surface area contributed by atoms with Gasteiger partial charge in [-0.3, -0.25) is 4.79 Å². The van der Waals surface area contributed by atoms with E-state index in [0.717, 1.165) is 50.1 Å². The Labute approximate surface area is 137 Å². The Hall–Kier alpha value is -1.59. The molecule has 126 valence electrons. The van der Waals surface area contributed by atoms with Gasteiger partial charge in [0.15, 0.2) is 0 Å². The number of rotatable bonds is 7. The normalized spacial score (nSPS) is 18.7. The van der Waals surface area contributed by atoms with Crippen LogP contribution in [0.3, 0.4) is 0 Å². The van der Waals surface area contributed by atoms with Gasteiger partial charge in [-0.15, -0.1) is 0 Å². The standard InChI is InChI=1S/C18H26N2O3/c1-22-16-6-2-14(3-7-16)12-20(15-4-5-15)18(21)13-23-17-8-10-19-11-9-17/h2-3,6-7,15,17,19H,4-5,8-13H2,1H3. The van der Waals surface area contributed by atoms with Gasteiger partial charge < -0.3 is 19.7 Å². The Kier molecular flexibility index (Phi) is 5.51. The molecule has 1 N–H and O–H groups in total. The highest BCUT2D eigenvalue weighted by Crippen LogP contribution is 2.29. The first-order valence-electron chi connectivity index (χ1n) is 8.51. The van der Waals surface area contributed by atoms with Crippen LogP contribution in [0.2, 0.25) is 0 Å². The molecule has 5 heteroatoms. The summed E-state index contributed by atoms with van der Waals surface area (Å²) in [6.07, 6.45) is 4.43. The molecule has 1 amide bonds. The predicted molar refractivity (Wildman–Crippen MR) is 88.4 cm³/mol. The molecule has 1 aliphatic heterocycles. The summed E-state index contributed by atoms with van der Waals surface area (Å²) in [5.41, 5.74) is 1.13. The number of piperidine rings is 1. The SMILES string of the molecule is COc1ccc(CN(C(=O)COC2CCNCC2)C2CC2)cc1. The van der Waals surface area contributed by atoms with E-state index in [9.17, 15) is 4.79 Å². The zero-order valence-corrected chi connectivity index (χ0v) is 13.8. The maximum atomic E-state index is 12.6. The zero-order valence-electron chi connectivity index (χ0n) is 13.8. The summed E-state index contributed by atoms with van der Waals surface area (Å²) >= 11 is 0. The monoisotopic (exact) mass is 318 g/mol. The summed E-state index contributed by atoms with van der Waals surface area (Å²) in [6, 6.07) is 8.32. The fourth-order valence-electron chi connectivity index (χ4n) is 2.97. The van der Waals surface area contributed by atoms with E-state index in [1.165, 1.54) is 0 Å². The number of benzene rings is 1. The number of nitrogens with one attached hydrogen (secondary N) is 1. The Morgan fingerprint density at radius 1 is 1.17 bits per heavy atom. The topological polar surface area (TPSA) is 50.8 Å². The van der Waals surface area contributed by atoms with E-state index in [4.69, 9.17) is 9.47 Å². The summed E-state index contributed by atoms with van der Waals surface area (Å²) in [5, 5.41) is 3.31. The maximum Gasteiger partial charge on any atom is 0.249 e. The Balaban J connectivity index is 1.53. The molecule has 0 bridgehead atoms. The van der Waals surface area contributed by atoms with E-state index in [0.29, 0.717) is 12.6 Å². The van der Waals surface area contributed by atoms with E-state index < -0.39 is 0 Å². The molecule has 1 heterocycles. The first-order valence-corrected chi connectivity index (χ1v) is 8.51. The number of ether oxygens (including phenoxy) is 2.